The van der Waals surface area contributed by atoms with Crippen LogP contribution in [-0.4, -0.2) is 26.5 Å². The molecule has 21 heavy (non-hydrogen) atoms. The molecule has 0 atom stereocenters. The molecular formula is C15H18N6. The highest BCUT2D eigenvalue weighted by molar-refractivity contribution is 5.74. The van der Waals surface area contributed by atoms with E-state index in [1.807, 2.05) is 43.6 Å². The van der Waals surface area contributed by atoms with E-state index in [4.69, 9.17) is 0 Å². The summed E-state index contributed by atoms with van der Waals surface area (Å²) in [6.45, 7) is 4.24. The summed E-state index contributed by atoms with van der Waals surface area (Å²) >= 11 is 0. The number of benzene rings is 1. The lowest BCUT2D eigenvalue weighted by Crippen LogP contribution is -2.14. The van der Waals surface area contributed by atoms with Crippen LogP contribution in [0, 0.1) is 0 Å². The number of H-pyrrole nitrogens is 1. The Balaban J connectivity index is 1.55. The number of nitrogens with one attached hydrogen (secondary N) is 3. The number of anilines is 1. The Bertz CT molecular complexity index is 671. The van der Waals surface area contributed by atoms with Crippen LogP contribution in [0.3, 0.4) is 0 Å². The number of nitrogens with zero attached hydrogens (tertiary/aromatic N) is 3. The number of rotatable bonds is 6. The molecule has 2 aromatic heterocycles. The summed E-state index contributed by atoms with van der Waals surface area (Å²) in [5.74, 6) is 1.60. The molecule has 0 spiro atoms. The molecule has 3 aromatic rings. The largest absolute Gasteiger partial charge is 0.355 e. The molecule has 0 aliphatic heterocycles. The number of aromatic nitrogens is 4. The molecule has 0 fully saturated rings. The molecule has 0 saturated heterocycles. The van der Waals surface area contributed by atoms with E-state index in [0.29, 0.717) is 19.0 Å². The second kappa shape index (κ2) is 6.32. The van der Waals surface area contributed by atoms with Crippen molar-refractivity contribution in [2.24, 2.45) is 0 Å². The number of para-hydroxylation sites is 2. The van der Waals surface area contributed by atoms with Gasteiger partial charge in [0.15, 0.2) is 0 Å². The van der Waals surface area contributed by atoms with Crippen molar-refractivity contribution >= 4 is 17.0 Å². The predicted molar refractivity (Wildman–Crippen MR) is 82.8 cm³/mol. The minimum absolute atomic E-state index is 0.665. The molecule has 0 saturated carbocycles. The van der Waals surface area contributed by atoms with Crippen molar-refractivity contribution < 1.29 is 0 Å². The van der Waals surface area contributed by atoms with Crippen molar-refractivity contribution in [1.82, 2.24) is 25.3 Å². The van der Waals surface area contributed by atoms with Crippen LogP contribution in [0.5, 0.6) is 0 Å². The first-order valence-corrected chi connectivity index (χ1v) is 7.04. The van der Waals surface area contributed by atoms with Gasteiger partial charge in [0.2, 0.25) is 5.95 Å². The zero-order chi connectivity index (χ0) is 14.5. The minimum atomic E-state index is 0.665. The Labute approximate surface area is 123 Å². The van der Waals surface area contributed by atoms with Gasteiger partial charge in [0.05, 0.1) is 17.6 Å². The second-order valence-corrected chi connectivity index (χ2v) is 4.75. The van der Waals surface area contributed by atoms with Gasteiger partial charge in [-0.2, -0.15) is 0 Å². The van der Waals surface area contributed by atoms with E-state index in [1.54, 1.807) is 0 Å². The molecule has 0 aliphatic rings. The van der Waals surface area contributed by atoms with Crippen molar-refractivity contribution in [3.63, 3.8) is 0 Å². The van der Waals surface area contributed by atoms with Crippen LogP contribution in [0.25, 0.3) is 11.0 Å². The number of fused-ring (bicyclic) bond motifs is 1. The molecule has 1 aromatic carbocycles. The Morgan fingerprint density at radius 3 is 2.67 bits per heavy atom. The van der Waals surface area contributed by atoms with E-state index in [2.05, 4.69) is 30.6 Å². The van der Waals surface area contributed by atoms with Gasteiger partial charge in [-0.15, -0.1) is 0 Å². The van der Waals surface area contributed by atoms with E-state index in [-0.39, 0.29) is 0 Å². The minimum Gasteiger partial charge on any atom is -0.355 e. The van der Waals surface area contributed by atoms with Crippen LogP contribution >= 0.6 is 0 Å². The molecule has 0 bridgehead atoms. The zero-order valence-corrected chi connectivity index (χ0v) is 11.9. The topological polar surface area (TPSA) is 78.5 Å². The Hall–Kier alpha value is -2.47. The van der Waals surface area contributed by atoms with Gasteiger partial charge in [0, 0.05) is 31.0 Å². The first kappa shape index (κ1) is 13.5. The smallest absolute Gasteiger partial charge is 0.222 e. The SMILES string of the molecule is CCNc1ncc(CNCc2nc3ccccc3[nH]2)cn1. The molecule has 3 rings (SSSR count). The van der Waals surface area contributed by atoms with Crippen molar-refractivity contribution in [1.29, 1.82) is 0 Å². The number of imidazole rings is 1. The molecule has 2 heterocycles. The van der Waals surface area contributed by atoms with Crippen LogP contribution in [0.1, 0.15) is 18.3 Å². The fourth-order valence-electron chi connectivity index (χ4n) is 2.11. The predicted octanol–water partition coefficient (Wildman–Crippen LogP) is 2.07. The van der Waals surface area contributed by atoms with E-state index >= 15 is 0 Å². The lowest BCUT2D eigenvalue weighted by molar-refractivity contribution is 0.667. The Morgan fingerprint density at radius 2 is 1.90 bits per heavy atom. The highest BCUT2D eigenvalue weighted by Crippen LogP contribution is 2.10. The normalized spacial score (nSPS) is 10.9. The van der Waals surface area contributed by atoms with E-state index in [0.717, 1.165) is 29.0 Å². The molecule has 0 radical (unpaired) electrons. The first-order chi connectivity index (χ1) is 10.3. The van der Waals surface area contributed by atoms with Gasteiger partial charge in [0.25, 0.3) is 0 Å². The molecular weight excluding hydrogens is 264 g/mol. The molecule has 0 amide bonds. The third kappa shape index (κ3) is 3.35. The fourth-order valence-corrected chi connectivity index (χ4v) is 2.11. The quantitative estimate of drug-likeness (QED) is 0.645. The fraction of sp³-hybridized carbons (Fsp3) is 0.267. The molecule has 0 unspecified atom stereocenters. The summed E-state index contributed by atoms with van der Waals surface area (Å²) in [6, 6.07) is 8.02. The van der Waals surface area contributed by atoms with Gasteiger partial charge < -0.3 is 15.6 Å². The summed E-state index contributed by atoms with van der Waals surface area (Å²) in [4.78, 5) is 16.3. The Kier molecular flexibility index (Phi) is 4.07. The van der Waals surface area contributed by atoms with Gasteiger partial charge in [0.1, 0.15) is 5.82 Å². The monoisotopic (exact) mass is 282 g/mol. The maximum Gasteiger partial charge on any atom is 0.222 e. The van der Waals surface area contributed by atoms with Crippen LogP contribution in [-0.2, 0) is 13.1 Å². The highest BCUT2D eigenvalue weighted by Gasteiger charge is 2.02. The standard InChI is InChI=1S/C15H18N6/c1-2-17-15-18-8-11(9-19-15)7-16-10-14-20-12-5-3-4-6-13(12)21-14/h3-6,8-9,16H,2,7,10H2,1H3,(H,20,21)(H,17,18,19). The average molecular weight is 282 g/mol. The number of hydrogen-bond donors (Lipinski definition) is 3. The average Bonchev–Trinajstić information content (AvgIpc) is 2.92. The molecule has 108 valence electrons. The van der Waals surface area contributed by atoms with Gasteiger partial charge >= 0.3 is 0 Å². The lowest BCUT2D eigenvalue weighted by Gasteiger charge is -2.04. The molecule has 6 nitrogen and oxygen atoms in total. The van der Waals surface area contributed by atoms with E-state index < -0.39 is 0 Å². The maximum absolute atomic E-state index is 4.52. The Morgan fingerprint density at radius 1 is 1.10 bits per heavy atom. The van der Waals surface area contributed by atoms with Gasteiger partial charge in [-0.3, -0.25) is 0 Å². The molecule has 0 aliphatic carbocycles. The third-order valence-corrected chi connectivity index (χ3v) is 3.10. The summed E-state index contributed by atoms with van der Waals surface area (Å²) < 4.78 is 0. The number of aromatic amines is 1. The van der Waals surface area contributed by atoms with Crippen molar-refractivity contribution in [2.75, 3.05) is 11.9 Å². The van der Waals surface area contributed by atoms with E-state index in [1.165, 1.54) is 0 Å². The van der Waals surface area contributed by atoms with Crippen LogP contribution in [0.2, 0.25) is 0 Å². The van der Waals surface area contributed by atoms with Gasteiger partial charge in [-0.05, 0) is 19.1 Å². The summed E-state index contributed by atoms with van der Waals surface area (Å²) in [5, 5.41) is 6.41. The molecule has 3 N–H and O–H groups in total. The number of hydrogen-bond acceptors (Lipinski definition) is 5. The molecule has 6 heteroatoms. The lowest BCUT2D eigenvalue weighted by atomic mass is 10.3. The second-order valence-electron chi connectivity index (χ2n) is 4.75. The van der Waals surface area contributed by atoms with Crippen molar-refractivity contribution in [3.05, 3.63) is 48.0 Å². The van der Waals surface area contributed by atoms with Crippen LogP contribution in [0.4, 0.5) is 5.95 Å². The van der Waals surface area contributed by atoms with Crippen LogP contribution in [0.15, 0.2) is 36.7 Å². The van der Waals surface area contributed by atoms with Crippen LogP contribution < -0.4 is 10.6 Å². The van der Waals surface area contributed by atoms with Gasteiger partial charge in [-0.25, -0.2) is 15.0 Å². The maximum atomic E-state index is 4.52. The van der Waals surface area contributed by atoms with Gasteiger partial charge in [-0.1, -0.05) is 12.1 Å². The zero-order valence-electron chi connectivity index (χ0n) is 11.9. The van der Waals surface area contributed by atoms with E-state index in [9.17, 15) is 0 Å². The summed E-state index contributed by atoms with van der Waals surface area (Å²) in [7, 11) is 0. The summed E-state index contributed by atoms with van der Waals surface area (Å²) in [5.41, 5.74) is 3.10. The third-order valence-electron chi connectivity index (χ3n) is 3.10. The summed E-state index contributed by atoms with van der Waals surface area (Å²) in [6.07, 6.45) is 3.66. The first-order valence-electron chi connectivity index (χ1n) is 7.04. The van der Waals surface area contributed by atoms with Crippen molar-refractivity contribution in [3.8, 4) is 0 Å². The highest BCUT2D eigenvalue weighted by atomic mass is 15.1. The van der Waals surface area contributed by atoms with Crippen molar-refractivity contribution in [2.45, 2.75) is 20.0 Å².